The third-order valence-electron chi connectivity index (χ3n) is 3.34. The predicted molar refractivity (Wildman–Crippen MR) is 71.2 cm³/mol. The lowest BCUT2D eigenvalue weighted by molar-refractivity contribution is -0.133. The van der Waals surface area contributed by atoms with E-state index in [0.29, 0.717) is 25.9 Å². The van der Waals surface area contributed by atoms with Crippen molar-refractivity contribution in [2.75, 3.05) is 26.2 Å². The number of hydrogen-bond donors (Lipinski definition) is 2. The van der Waals surface area contributed by atoms with Crippen LogP contribution in [-0.4, -0.2) is 48.9 Å². The number of nitrogens with zero attached hydrogens (tertiary/aromatic N) is 1. The van der Waals surface area contributed by atoms with E-state index in [1.54, 1.807) is 4.90 Å². The first-order valence-electron chi connectivity index (χ1n) is 6.95. The van der Waals surface area contributed by atoms with Gasteiger partial charge in [0.05, 0.1) is 0 Å². The number of hydrogen-bond acceptors (Lipinski definition) is 3. The molecule has 1 heterocycles. The number of piperidine rings is 1. The summed E-state index contributed by atoms with van der Waals surface area (Å²) in [7, 11) is 0. The van der Waals surface area contributed by atoms with Gasteiger partial charge in [0.2, 0.25) is 11.8 Å². The molecular weight excluding hydrogens is 230 g/mol. The van der Waals surface area contributed by atoms with E-state index in [2.05, 4.69) is 10.6 Å². The number of amides is 2. The van der Waals surface area contributed by atoms with Crippen molar-refractivity contribution in [2.45, 2.75) is 45.6 Å². The van der Waals surface area contributed by atoms with Crippen LogP contribution in [0.25, 0.3) is 0 Å². The van der Waals surface area contributed by atoms with E-state index in [0.717, 1.165) is 25.9 Å². The Morgan fingerprint density at radius 2 is 2.00 bits per heavy atom. The Morgan fingerprint density at radius 3 is 2.56 bits per heavy atom. The van der Waals surface area contributed by atoms with Gasteiger partial charge in [-0.25, -0.2) is 0 Å². The molecule has 1 aliphatic heterocycles. The molecule has 2 N–H and O–H groups in total. The molecule has 104 valence electrons. The second-order valence-electron chi connectivity index (χ2n) is 4.68. The first-order chi connectivity index (χ1) is 8.67. The largest absolute Gasteiger partial charge is 0.352 e. The number of carbonyl (C=O) groups excluding carboxylic acids is 2. The van der Waals surface area contributed by atoms with Crippen LogP contribution in [-0.2, 0) is 9.59 Å². The molecule has 1 aliphatic rings. The van der Waals surface area contributed by atoms with Crippen LogP contribution < -0.4 is 10.6 Å². The maximum Gasteiger partial charge on any atom is 0.223 e. The zero-order valence-electron chi connectivity index (χ0n) is 11.5. The number of rotatable bonds is 6. The van der Waals surface area contributed by atoms with E-state index in [9.17, 15) is 9.59 Å². The van der Waals surface area contributed by atoms with Gasteiger partial charge >= 0.3 is 0 Å². The van der Waals surface area contributed by atoms with Gasteiger partial charge in [0.15, 0.2) is 0 Å². The molecule has 0 aromatic carbocycles. The monoisotopic (exact) mass is 255 g/mol. The van der Waals surface area contributed by atoms with Crippen LogP contribution >= 0.6 is 0 Å². The summed E-state index contributed by atoms with van der Waals surface area (Å²) in [5.74, 6) is 0.0566. The highest BCUT2D eigenvalue weighted by molar-refractivity contribution is 5.83. The Kier molecular flexibility index (Phi) is 6.72. The van der Waals surface area contributed by atoms with E-state index in [1.807, 2.05) is 13.8 Å². The van der Waals surface area contributed by atoms with Crippen LogP contribution in [0.4, 0.5) is 0 Å². The number of nitrogens with one attached hydrogen (secondary N) is 2. The minimum Gasteiger partial charge on any atom is -0.352 e. The highest BCUT2D eigenvalue weighted by Crippen LogP contribution is 2.03. The summed E-state index contributed by atoms with van der Waals surface area (Å²) in [6.07, 6.45) is 2.74. The van der Waals surface area contributed by atoms with Gasteiger partial charge in [-0.05, 0) is 33.2 Å². The first kappa shape index (κ1) is 15.0. The average molecular weight is 255 g/mol. The summed E-state index contributed by atoms with van der Waals surface area (Å²) in [5, 5.41) is 6.23. The molecule has 5 heteroatoms. The molecule has 0 unspecified atom stereocenters. The van der Waals surface area contributed by atoms with E-state index < -0.39 is 0 Å². The molecule has 0 saturated carbocycles. The fourth-order valence-corrected chi connectivity index (χ4v) is 2.23. The summed E-state index contributed by atoms with van der Waals surface area (Å²) in [6, 6.07) is 0.231. The quantitative estimate of drug-likeness (QED) is 0.726. The highest BCUT2D eigenvalue weighted by atomic mass is 16.2. The first-order valence-corrected chi connectivity index (χ1v) is 6.95. The van der Waals surface area contributed by atoms with Crippen LogP contribution in [0.2, 0.25) is 0 Å². The van der Waals surface area contributed by atoms with E-state index in [-0.39, 0.29) is 17.9 Å². The second-order valence-corrected chi connectivity index (χ2v) is 4.68. The highest BCUT2D eigenvalue weighted by Gasteiger charge is 2.16. The Labute approximate surface area is 109 Å². The Morgan fingerprint density at radius 1 is 1.28 bits per heavy atom. The molecular formula is C13H25N3O2. The molecule has 5 nitrogen and oxygen atoms in total. The molecule has 2 amide bonds. The van der Waals surface area contributed by atoms with Crippen LogP contribution in [0.15, 0.2) is 0 Å². The van der Waals surface area contributed by atoms with Gasteiger partial charge in [-0.3, -0.25) is 9.59 Å². The van der Waals surface area contributed by atoms with E-state index in [4.69, 9.17) is 0 Å². The molecule has 0 bridgehead atoms. The van der Waals surface area contributed by atoms with Crippen LogP contribution in [0, 0.1) is 0 Å². The summed E-state index contributed by atoms with van der Waals surface area (Å²) < 4.78 is 0. The maximum absolute atomic E-state index is 11.7. The van der Waals surface area contributed by atoms with Crippen molar-refractivity contribution in [2.24, 2.45) is 0 Å². The fraction of sp³-hybridized carbons (Fsp3) is 0.846. The van der Waals surface area contributed by atoms with Crippen molar-refractivity contribution in [3.05, 3.63) is 0 Å². The van der Waals surface area contributed by atoms with Crippen LogP contribution in [0.1, 0.15) is 39.5 Å². The predicted octanol–water partition coefficient (Wildman–Crippen LogP) is 0.503. The zero-order chi connectivity index (χ0) is 13.4. The molecule has 0 radical (unpaired) electrons. The molecule has 1 saturated heterocycles. The Bertz CT molecular complexity index is 271. The molecule has 18 heavy (non-hydrogen) atoms. The molecule has 1 rings (SSSR count). The van der Waals surface area contributed by atoms with Crippen molar-refractivity contribution in [1.29, 1.82) is 0 Å². The summed E-state index contributed by atoms with van der Waals surface area (Å²) in [5.41, 5.74) is 0. The van der Waals surface area contributed by atoms with Gasteiger partial charge in [-0.15, -0.1) is 0 Å². The lowest BCUT2D eigenvalue weighted by Crippen LogP contribution is -2.45. The van der Waals surface area contributed by atoms with Crippen molar-refractivity contribution >= 4 is 11.8 Å². The second kappa shape index (κ2) is 8.08. The molecule has 1 fully saturated rings. The average Bonchev–Trinajstić information content (AvgIpc) is 2.39. The van der Waals surface area contributed by atoms with Gasteiger partial charge in [0, 0.05) is 38.5 Å². The van der Waals surface area contributed by atoms with Crippen molar-refractivity contribution < 1.29 is 9.59 Å². The van der Waals surface area contributed by atoms with Gasteiger partial charge in [0.25, 0.3) is 0 Å². The molecule has 0 aromatic rings. The van der Waals surface area contributed by atoms with E-state index >= 15 is 0 Å². The minimum atomic E-state index is -0.00999. The standard InChI is InChI=1S/C13H25N3O2/c1-3-16(4-2)13(18)8-7-12(17)15-11-6-5-9-14-10-11/h11,14H,3-10H2,1-2H3,(H,15,17)/t11-/m0/s1. The minimum absolute atomic E-state index is 0.00999. The van der Waals surface area contributed by atoms with Gasteiger partial charge in [-0.2, -0.15) is 0 Å². The van der Waals surface area contributed by atoms with E-state index in [1.165, 1.54) is 0 Å². The topological polar surface area (TPSA) is 61.4 Å². The zero-order valence-corrected chi connectivity index (χ0v) is 11.5. The summed E-state index contributed by atoms with van der Waals surface area (Å²) in [6.45, 7) is 7.21. The van der Waals surface area contributed by atoms with Crippen LogP contribution in [0.3, 0.4) is 0 Å². The summed E-state index contributed by atoms with van der Waals surface area (Å²) >= 11 is 0. The van der Waals surface area contributed by atoms with Gasteiger partial charge in [-0.1, -0.05) is 0 Å². The third-order valence-corrected chi connectivity index (χ3v) is 3.34. The van der Waals surface area contributed by atoms with Crippen molar-refractivity contribution in [3.8, 4) is 0 Å². The van der Waals surface area contributed by atoms with Gasteiger partial charge in [0.1, 0.15) is 0 Å². The SMILES string of the molecule is CCN(CC)C(=O)CCC(=O)N[C@H]1CCCNC1. The Balaban J connectivity index is 2.21. The fourth-order valence-electron chi connectivity index (χ4n) is 2.23. The lowest BCUT2D eigenvalue weighted by Gasteiger charge is -2.24. The molecule has 0 spiro atoms. The molecule has 0 aromatic heterocycles. The van der Waals surface area contributed by atoms with Crippen molar-refractivity contribution in [3.63, 3.8) is 0 Å². The third kappa shape index (κ3) is 5.04. The lowest BCUT2D eigenvalue weighted by atomic mass is 10.1. The normalized spacial score (nSPS) is 19.3. The molecule has 1 atom stereocenters. The smallest absolute Gasteiger partial charge is 0.223 e. The Hall–Kier alpha value is -1.10. The van der Waals surface area contributed by atoms with Gasteiger partial charge < -0.3 is 15.5 Å². The molecule has 0 aliphatic carbocycles. The maximum atomic E-state index is 11.7. The number of carbonyl (C=O) groups is 2. The summed E-state index contributed by atoms with van der Waals surface area (Å²) in [4.78, 5) is 25.2. The van der Waals surface area contributed by atoms with Crippen molar-refractivity contribution in [1.82, 2.24) is 15.5 Å². The van der Waals surface area contributed by atoms with Crippen LogP contribution in [0.5, 0.6) is 0 Å².